The summed E-state index contributed by atoms with van der Waals surface area (Å²) in [5.74, 6) is 1.78. The van der Waals surface area contributed by atoms with Crippen LogP contribution in [0.4, 0.5) is 0 Å². The zero-order chi connectivity index (χ0) is 25.3. The molecule has 0 aromatic carbocycles. The van der Waals surface area contributed by atoms with Gasteiger partial charge in [-0.05, 0) is 118 Å². The lowest BCUT2D eigenvalue weighted by atomic mass is 9.44. The quantitative estimate of drug-likeness (QED) is 0.517. The predicted octanol–water partition coefficient (Wildman–Crippen LogP) is 5.64. The number of carbonyl (C=O) groups excluding carboxylic acids is 1. The van der Waals surface area contributed by atoms with Gasteiger partial charge < -0.3 is 15.1 Å². The van der Waals surface area contributed by atoms with Crippen LogP contribution in [0, 0.1) is 46.3 Å². The SMILES string of the molecule is CC(=O)[C@H]1[C@H](CC(=O)O)C[C@H]2[C@@H]3CC[C@H]4C[C@H](O)CC[C@]4(C)[C@H]3CC[C@@]21C.CCN(CC)CC. The maximum Gasteiger partial charge on any atom is 0.303 e. The number of nitrogens with zero attached hydrogens (tertiary/aromatic N) is 1. The molecular weight excluding hydrogens is 426 g/mol. The monoisotopic (exact) mass is 477 g/mol. The van der Waals surface area contributed by atoms with Crippen LogP contribution in [-0.4, -0.2) is 52.6 Å². The standard InChI is InChI=1S/C23H36O4.C6H15N/c1-13(24)21-14(11-20(26)27)10-19-17-5-4-15-12-16(25)6-8-22(15,2)18(17)7-9-23(19,21)3;1-4-7(5-2)6-3/h14-19,21,25H,4-12H2,1-3H3,(H,26,27);4-6H2,1-3H3/t14-,15-,16+,17+,18-,19-,21-,22-,23-;/m0./s1. The molecule has 5 heteroatoms. The minimum absolute atomic E-state index is 0.00691. The third kappa shape index (κ3) is 5.12. The number of ketones is 1. The molecule has 0 amide bonds. The second kappa shape index (κ2) is 11.0. The van der Waals surface area contributed by atoms with Crippen molar-refractivity contribution in [3.8, 4) is 0 Å². The Morgan fingerprint density at radius 2 is 1.50 bits per heavy atom. The number of fused-ring (bicyclic) bond motifs is 5. The largest absolute Gasteiger partial charge is 0.481 e. The molecule has 0 aromatic rings. The Bertz CT molecular complexity index is 715. The fourth-order valence-corrected chi connectivity index (χ4v) is 9.31. The molecule has 34 heavy (non-hydrogen) atoms. The summed E-state index contributed by atoms with van der Waals surface area (Å²) in [6.45, 7) is 16.6. The summed E-state index contributed by atoms with van der Waals surface area (Å²) in [6, 6.07) is 0. The van der Waals surface area contributed by atoms with E-state index in [1.54, 1.807) is 6.92 Å². The normalized spacial score (nSPS) is 43.2. The second-order valence-corrected chi connectivity index (χ2v) is 12.4. The van der Waals surface area contributed by atoms with Gasteiger partial charge in [0.2, 0.25) is 0 Å². The Morgan fingerprint density at radius 1 is 0.882 bits per heavy atom. The predicted molar refractivity (Wildman–Crippen MR) is 136 cm³/mol. The van der Waals surface area contributed by atoms with Crippen molar-refractivity contribution in [2.24, 2.45) is 46.3 Å². The second-order valence-electron chi connectivity index (χ2n) is 12.4. The van der Waals surface area contributed by atoms with Crippen LogP contribution in [0.15, 0.2) is 0 Å². The molecule has 0 spiro atoms. The van der Waals surface area contributed by atoms with Gasteiger partial charge in [0.1, 0.15) is 5.78 Å². The molecule has 0 heterocycles. The van der Waals surface area contributed by atoms with Gasteiger partial charge in [-0.15, -0.1) is 0 Å². The number of hydrogen-bond acceptors (Lipinski definition) is 4. The fourth-order valence-electron chi connectivity index (χ4n) is 9.31. The highest BCUT2D eigenvalue weighted by atomic mass is 16.4. The first-order valence-corrected chi connectivity index (χ1v) is 14.1. The number of carboxylic acids is 1. The lowest BCUT2D eigenvalue weighted by molar-refractivity contribution is -0.141. The first-order valence-electron chi connectivity index (χ1n) is 14.1. The summed E-state index contributed by atoms with van der Waals surface area (Å²) in [4.78, 5) is 26.4. The number of hydrogen-bond donors (Lipinski definition) is 2. The van der Waals surface area contributed by atoms with Crippen molar-refractivity contribution in [3.63, 3.8) is 0 Å². The van der Waals surface area contributed by atoms with Crippen molar-refractivity contribution in [2.45, 2.75) is 105 Å². The summed E-state index contributed by atoms with van der Waals surface area (Å²) < 4.78 is 0. The summed E-state index contributed by atoms with van der Waals surface area (Å²) in [5, 5.41) is 19.6. The van der Waals surface area contributed by atoms with E-state index in [4.69, 9.17) is 0 Å². The maximum atomic E-state index is 12.6. The highest BCUT2D eigenvalue weighted by molar-refractivity contribution is 5.81. The van der Waals surface area contributed by atoms with Crippen LogP contribution in [0.2, 0.25) is 0 Å². The number of aliphatic hydroxyl groups is 1. The van der Waals surface area contributed by atoms with E-state index in [-0.39, 0.29) is 35.6 Å². The molecule has 0 aliphatic heterocycles. The molecule has 9 atom stereocenters. The highest BCUT2D eigenvalue weighted by Gasteiger charge is 2.63. The number of aliphatic hydroxyl groups excluding tert-OH is 1. The van der Waals surface area contributed by atoms with E-state index in [1.165, 1.54) is 38.9 Å². The number of rotatable bonds is 6. The van der Waals surface area contributed by atoms with Gasteiger partial charge in [0, 0.05) is 12.3 Å². The van der Waals surface area contributed by atoms with Crippen LogP contribution in [0.1, 0.15) is 99.3 Å². The molecule has 0 saturated heterocycles. The number of carbonyl (C=O) groups is 2. The molecule has 4 saturated carbocycles. The molecule has 4 aliphatic rings. The van der Waals surface area contributed by atoms with E-state index < -0.39 is 5.97 Å². The fraction of sp³-hybridized carbons (Fsp3) is 0.931. The van der Waals surface area contributed by atoms with E-state index in [0.717, 1.165) is 32.1 Å². The van der Waals surface area contributed by atoms with Gasteiger partial charge in [-0.2, -0.15) is 0 Å². The summed E-state index contributed by atoms with van der Waals surface area (Å²) in [5.41, 5.74) is 0.296. The van der Waals surface area contributed by atoms with E-state index >= 15 is 0 Å². The van der Waals surface area contributed by atoms with E-state index in [9.17, 15) is 19.8 Å². The van der Waals surface area contributed by atoms with Crippen molar-refractivity contribution < 1.29 is 19.8 Å². The van der Waals surface area contributed by atoms with Gasteiger partial charge >= 0.3 is 5.97 Å². The molecule has 4 aliphatic carbocycles. The summed E-state index contributed by atoms with van der Waals surface area (Å²) >= 11 is 0. The minimum Gasteiger partial charge on any atom is -0.481 e. The van der Waals surface area contributed by atoms with Crippen molar-refractivity contribution in [1.82, 2.24) is 4.90 Å². The Balaban J connectivity index is 0.000000406. The summed E-state index contributed by atoms with van der Waals surface area (Å²) in [6.07, 6.45) is 8.55. The number of carboxylic acid groups (broad SMARTS) is 1. The first kappa shape index (κ1) is 27.6. The van der Waals surface area contributed by atoms with Gasteiger partial charge in [0.25, 0.3) is 0 Å². The van der Waals surface area contributed by atoms with E-state index in [2.05, 4.69) is 39.5 Å². The third-order valence-electron chi connectivity index (χ3n) is 11.0. The van der Waals surface area contributed by atoms with Crippen LogP contribution >= 0.6 is 0 Å². The zero-order valence-corrected chi connectivity index (χ0v) is 22.7. The Labute approximate surface area is 208 Å². The van der Waals surface area contributed by atoms with Crippen LogP contribution in [-0.2, 0) is 9.59 Å². The van der Waals surface area contributed by atoms with Crippen molar-refractivity contribution in [1.29, 1.82) is 0 Å². The molecular formula is C29H51NO4. The van der Waals surface area contributed by atoms with Gasteiger partial charge in [0.05, 0.1) is 6.10 Å². The van der Waals surface area contributed by atoms with Crippen LogP contribution < -0.4 is 0 Å². The topological polar surface area (TPSA) is 77.8 Å². The van der Waals surface area contributed by atoms with Gasteiger partial charge in [-0.1, -0.05) is 34.6 Å². The van der Waals surface area contributed by atoms with Crippen LogP contribution in [0.25, 0.3) is 0 Å². The van der Waals surface area contributed by atoms with Crippen molar-refractivity contribution in [2.75, 3.05) is 19.6 Å². The van der Waals surface area contributed by atoms with E-state index in [0.29, 0.717) is 29.1 Å². The Kier molecular flexibility index (Phi) is 8.93. The highest BCUT2D eigenvalue weighted by Crippen LogP contribution is 2.68. The molecule has 4 fully saturated rings. The third-order valence-corrected chi connectivity index (χ3v) is 11.0. The van der Waals surface area contributed by atoms with Gasteiger partial charge in [-0.3, -0.25) is 9.59 Å². The lowest BCUT2D eigenvalue weighted by Gasteiger charge is -2.60. The average Bonchev–Trinajstić information content (AvgIpc) is 3.07. The van der Waals surface area contributed by atoms with Crippen molar-refractivity contribution in [3.05, 3.63) is 0 Å². The lowest BCUT2D eigenvalue weighted by Crippen LogP contribution is -2.54. The smallest absolute Gasteiger partial charge is 0.303 e. The average molecular weight is 478 g/mol. The molecule has 2 N–H and O–H groups in total. The first-order chi connectivity index (χ1) is 16.0. The van der Waals surface area contributed by atoms with E-state index in [1.807, 2.05) is 0 Å². The molecule has 4 rings (SSSR count). The van der Waals surface area contributed by atoms with Gasteiger partial charge in [0.15, 0.2) is 0 Å². The molecule has 0 bridgehead atoms. The number of aliphatic carboxylic acids is 1. The number of Topliss-reactive ketones (excluding diaryl/α,β-unsaturated/α-hetero) is 1. The Morgan fingerprint density at radius 3 is 2.03 bits per heavy atom. The van der Waals surface area contributed by atoms with Gasteiger partial charge in [-0.25, -0.2) is 0 Å². The molecule has 0 radical (unpaired) electrons. The zero-order valence-electron chi connectivity index (χ0n) is 22.7. The van der Waals surface area contributed by atoms with Crippen LogP contribution in [0.5, 0.6) is 0 Å². The molecule has 196 valence electrons. The molecule has 0 unspecified atom stereocenters. The summed E-state index contributed by atoms with van der Waals surface area (Å²) in [7, 11) is 0. The van der Waals surface area contributed by atoms with Crippen molar-refractivity contribution >= 4 is 11.8 Å². The maximum absolute atomic E-state index is 12.6. The minimum atomic E-state index is -0.762. The molecule has 0 aromatic heterocycles. The van der Waals surface area contributed by atoms with Crippen LogP contribution in [0.3, 0.4) is 0 Å². The molecule has 5 nitrogen and oxygen atoms in total. The Hall–Kier alpha value is -0.940.